The standard InChI is InChI=1S/C45H32/c1-45(2)41-22-11-10-18-34(41)35-25-24-32(28-42(35)45)43-37-19-8-9-20-38(37)44(36-21-12-16-30-15-6-7-17-33(30)36)40-27-31(23-26-39(40)43)29-13-4-3-5-14-29/h3-28H,1-2H3/i3D,4D,5D,13D,14D. The molecule has 0 bridgehead atoms. The molecule has 0 amide bonds. The van der Waals surface area contributed by atoms with Gasteiger partial charge < -0.3 is 0 Å². The molecular weight excluding hydrogens is 540 g/mol. The van der Waals surface area contributed by atoms with Gasteiger partial charge >= 0.3 is 0 Å². The summed E-state index contributed by atoms with van der Waals surface area (Å²) >= 11 is 0. The van der Waals surface area contributed by atoms with Crippen LogP contribution in [0, 0.1) is 0 Å². The smallest absolute Gasteiger partial charge is 0.0622 e. The summed E-state index contributed by atoms with van der Waals surface area (Å²) in [6, 6.07) is 43.4. The van der Waals surface area contributed by atoms with Gasteiger partial charge in [0, 0.05) is 5.41 Å². The van der Waals surface area contributed by atoms with Gasteiger partial charge in [-0.2, -0.15) is 0 Å². The van der Waals surface area contributed by atoms with Crippen molar-refractivity contribution in [2.24, 2.45) is 0 Å². The van der Waals surface area contributed by atoms with Crippen molar-refractivity contribution in [1.29, 1.82) is 0 Å². The predicted molar refractivity (Wildman–Crippen MR) is 193 cm³/mol. The van der Waals surface area contributed by atoms with Crippen molar-refractivity contribution in [2.75, 3.05) is 0 Å². The highest BCUT2D eigenvalue weighted by Crippen LogP contribution is 2.51. The van der Waals surface area contributed by atoms with E-state index in [1.807, 2.05) is 12.1 Å². The van der Waals surface area contributed by atoms with E-state index < -0.39 is 6.04 Å². The fraction of sp³-hybridized carbons (Fsp3) is 0.0667. The summed E-state index contributed by atoms with van der Waals surface area (Å²) in [7, 11) is 0. The van der Waals surface area contributed by atoms with E-state index in [0.717, 1.165) is 54.6 Å². The third-order valence-electron chi connectivity index (χ3n) is 9.74. The van der Waals surface area contributed by atoms with Gasteiger partial charge in [0.1, 0.15) is 0 Å². The monoisotopic (exact) mass is 577 g/mol. The third kappa shape index (κ3) is 3.85. The largest absolute Gasteiger partial charge is 0.0629 e. The van der Waals surface area contributed by atoms with E-state index >= 15 is 0 Å². The summed E-state index contributed by atoms with van der Waals surface area (Å²) in [6.45, 7) is 4.60. The van der Waals surface area contributed by atoms with Gasteiger partial charge in [-0.25, -0.2) is 0 Å². The molecule has 8 aromatic carbocycles. The van der Waals surface area contributed by atoms with E-state index in [0.29, 0.717) is 5.56 Å². The van der Waals surface area contributed by atoms with E-state index in [1.165, 1.54) is 22.3 Å². The van der Waals surface area contributed by atoms with E-state index in [1.54, 1.807) is 0 Å². The Kier molecular flexibility index (Phi) is 4.62. The Morgan fingerprint density at radius 2 is 1.04 bits per heavy atom. The van der Waals surface area contributed by atoms with Gasteiger partial charge in [0.05, 0.1) is 6.85 Å². The van der Waals surface area contributed by atoms with Gasteiger partial charge in [-0.1, -0.05) is 159 Å². The molecule has 0 saturated heterocycles. The Hall–Kier alpha value is -5.46. The molecular formula is C45H32. The Bertz CT molecular complexity index is 2710. The van der Waals surface area contributed by atoms with Crippen molar-refractivity contribution >= 4 is 32.3 Å². The second kappa shape index (κ2) is 9.78. The lowest BCUT2D eigenvalue weighted by Gasteiger charge is -2.23. The summed E-state index contributed by atoms with van der Waals surface area (Å²) in [5.41, 5.74) is 10.2. The second-order valence-electron chi connectivity index (χ2n) is 12.5. The maximum absolute atomic E-state index is 8.81. The van der Waals surface area contributed by atoms with Crippen LogP contribution < -0.4 is 0 Å². The zero-order valence-corrected chi connectivity index (χ0v) is 25.1. The quantitative estimate of drug-likeness (QED) is 0.183. The molecule has 0 fully saturated rings. The van der Waals surface area contributed by atoms with E-state index in [9.17, 15) is 0 Å². The van der Waals surface area contributed by atoms with Crippen molar-refractivity contribution in [3.63, 3.8) is 0 Å². The minimum Gasteiger partial charge on any atom is -0.0622 e. The zero-order chi connectivity index (χ0) is 34.5. The first kappa shape index (κ1) is 21.3. The molecule has 0 aliphatic heterocycles. The zero-order valence-electron chi connectivity index (χ0n) is 30.1. The number of fused-ring (bicyclic) bond motifs is 6. The van der Waals surface area contributed by atoms with E-state index in [4.69, 9.17) is 6.85 Å². The van der Waals surface area contributed by atoms with Crippen molar-refractivity contribution in [2.45, 2.75) is 19.3 Å². The van der Waals surface area contributed by atoms with Gasteiger partial charge in [0.2, 0.25) is 0 Å². The molecule has 212 valence electrons. The SMILES string of the molecule is [2H]c1c([2H])c([2H])c(-c2ccc3c(-c4ccc5c(c4)C(C)(C)c4ccccc4-5)c4ccccc4c(-c4cccc5ccccc45)c3c2)c([2H])c1[2H]. The highest BCUT2D eigenvalue weighted by atomic mass is 14.4. The highest BCUT2D eigenvalue weighted by Gasteiger charge is 2.35. The maximum Gasteiger partial charge on any atom is 0.0629 e. The van der Waals surface area contributed by atoms with Crippen LogP contribution in [0.5, 0.6) is 0 Å². The van der Waals surface area contributed by atoms with Crippen molar-refractivity contribution < 1.29 is 6.85 Å². The molecule has 0 heteroatoms. The predicted octanol–water partition coefficient (Wildman–Crippen LogP) is 12.5. The second-order valence-corrected chi connectivity index (χ2v) is 12.5. The molecule has 0 saturated carbocycles. The summed E-state index contributed by atoms with van der Waals surface area (Å²) < 4.78 is 42.6. The van der Waals surface area contributed by atoms with Crippen LogP contribution in [0.25, 0.3) is 76.8 Å². The minimum absolute atomic E-state index is 0.162. The summed E-state index contributed by atoms with van der Waals surface area (Å²) in [5, 5.41) is 6.48. The molecule has 9 rings (SSSR count). The molecule has 0 unspecified atom stereocenters. The molecule has 0 nitrogen and oxygen atoms in total. The Labute approximate surface area is 271 Å². The van der Waals surface area contributed by atoms with Crippen LogP contribution in [0.3, 0.4) is 0 Å². The van der Waals surface area contributed by atoms with Crippen LogP contribution in [-0.4, -0.2) is 0 Å². The Morgan fingerprint density at radius 1 is 0.422 bits per heavy atom. The van der Waals surface area contributed by atoms with Crippen LogP contribution >= 0.6 is 0 Å². The molecule has 1 aliphatic rings. The van der Waals surface area contributed by atoms with Gasteiger partial charge in [-0.3, -0.25) is 0 Å². The number of rotatable bonds is 3. The summed E-state index contributed by atoms with van der Waals surface area (Å²) in [5.74, 6) is 0. The maximum atomic E-state index is 8.81. The van der Waals surface area contributed by atoms with Crippen LogP contribution in [-0.2, 0) is 5.41 Å². The van der Waals surface area contributed by atoms with Crippen LogP contribution in [0.2, 0.25) is 0 Å². The summed E-state index contributed by atoms with van der Waals surface area (Å²) in [4.78, 5) is 0. The molecule has 0 aromatic heterocycles. The van der Waals surface area contributed by atoms with Gasteiger partial charge in [-0.05, 0) is 100 Å². The van der Waals surface area contributed by atoms with Crippen LogP contribution in [0.15, 0.2) is 158 Å². The van der Waals surface area contributed by atoms with E-state index in [-0.39, 0.29) is 35.1 Å². The molecule has 0 radical (unpaired) electrons. The van der Waals surface area contributed by atoms with Crippen molar-refractivity contribution in [3.05, 3.63) is 169 Å². The highest BCUT2D eigenvalue weighted by molar-refractivity contribution is 6.24. The van der Waals surface area contributed by atoms with Crippen LogP contribution in [0.1, 0.15) is 31.8 Å². The normalized spacial score (nSPS) is 14.8. The minimum atomic E-state index is -0.393. The number of hydrogen-bond donors (Lipinski definition) is 0. The van der Waals surface area contributed by atoms with Gasteiger partial charge in [0.15, 0.2) is 0 Å². The lowest BCUT2D eigenvalue weighted by molar-refractivity contribution is 0.660. The number of hydrogen-bond acceptors (Lipinski definition) is 0. The molecule has 0 spiro atoms. The topological polar surface area (TPSA) is 0 Å². The molecule has 0 heterocycles. The first-order valence-corrected chi connectivity index (χ1v) is 15.5. The molecule has 1 aliphatic carbocycles. The van der Waals surface area contributed by atoms with Gasteiger partial charge in [-0.15, -0.1) is 0 Å². The van der Waals surface area contributed by atoms with Crippen molar-refractivity contribution in [3.8, 4) is 44.5 Å². The fourth-order valence-electron chi connectivity index (χ4n) is 7.63. The molecule has 8 aromatic rings. The Morgan fingerprint density at radius 3 is 1.89 bits per heavy atom. The first-order valence-electron chi connectivity index (χ1n) is 18.0. The van der Waals surface area contributed by atoms with E-state index in [2.05, 4.69) is 129 Å². The van der Waals surface area contributed by atoms with Gasteiger partial charge in [0.25, 0.3) is 0 Å². The summed E-state index contributed by atoms with van der Waals surface area (Å²) in [6.07, 6.45) is 0. The van der Waals surface area contributed by atoms with Crippen LogP contribution in [0.4, 0.5) is 0 Å². The lowest BCUT2D eigenvalue weighted by Crippen LogP contribution is -2.14. The first-order chi connectivity index (χ1) is 24.2. The average molecular weight is 578 g/mol. The molecule has 0 N–H and O–H groups in total. The fourth-order valence-corrected chi connectivity index (χ4v) is 7.63. The third-order valence-corrected chi connectivity index (χ3v) is 9.74. The van der Waals surface area contributed by atoms with Crippen molar-refractivity contribution in [1.82, 2.24) is 0 Å². The Balaban J connectivity index is 1.42. The molecule has 45 heavy (non-hydrogen) atoms. The number of benzene rings is 8. The molecule has 0 atom stereocenters. The lowest BCUT2D eigenvalue weighted by atomic mass is 9.80. The average Bonchev–Trinajstić information content (AvgIpc) is 3.37.